The second-order valence-corrected chi connectivity index (χ2v) is 3.86. The Balaban J connectivity index is 2.60. The highest BCUT2D eigenvalue weighted by Crippen LogP contribution is 2.26. The summed E-state index contributed by atoms with van der Waals surface area (Å²) < 4.78 is 0. The minimum atomic E-state index is -1.28. The van der Waals surface area contributed by atoms with Crippen molar-refractivity contribution in [3.63, 3.8) is 0 Å². The Bertz CT molecular complexity index is 345. The van der Waals surface area contributed by atoms with Crippen molar-refractivity contribution in [2.45, 2.75) is 25.7 Å². The maximum absolute atomic E-state index is 11.5. The topological polar surface area (TPSA) is 109 Å². The molecular formula is C10H12O6. The molecule has 1 saturated carbocycles. The molecule has 6 nitrogen and oxygen atoms in total. The first-order valence-corrected chi connectivity index (χ1v) is 4.92. The van der Waals surface area contributed by atoms with E-state index in [1.165, 1.54) is 0 Å². The van der Waals surface area contributed by atoms with Gasteiger partial charge in [-0.3, -0.25) is 19.2 Å². The minimum Gasteiger partial charge on any atom is -0.481 e. The van der Waals surface area contributed by atoms with E-state index in [9.17, 15) is 19.2 Å². The van der Waals surface area contributed by atoms with Crippen LogP contribution in [0.4, 0.5) is 0 Å². The third kappa shape index (κ3) is 2.88. The van der Waals surface area contributed by atoms with E-state index in [0.29, 0.717) is 0 Å². The van der Waals surface area contributed by atoms with Crippen LogP contribution in [0.3, 0.4) is 0 Å². The van der Waals surface area contributed by atoms with Crippen molar-refractivity contribution >= 4 is 23.5 Å². The van der Waals surface area contributed by atoms with Crippen LogP contribution in [0.2, 0.25) is 0 Å². The van der Waals surface area contributed by atoms with Crippen LogP contribution in [-0.4, -0.2) is 33.7 Å². The van der Waals surface area contributed by atoms with Crippen molar-refractivity contribution in [3.8, 4) is 0 Å². The van der Waals surface area contributed by atoms with E-state index in [-0.39, 0.29) is 31.5 Å². The lowest BCUT2D eigenvalue weighted by Gasteiger charge is -2.23. The molecule has 1 aliphatic rings. The highest BCUT2D eigenvalue weighted by molar-refractivity contribution is 6.06. The van der Waals surface area contributed by atoms with Gasteiger partial charge in [0.1, 0.15) is 17.5 Å². The summed E-state index contributed by atoms with van der Waals surface area (Å²) in [5, 5.41) is 17.1. The molecule has 1 fully saturated rings. The van der Waals surface area contributed by atoms with Crippen molar-refractivity contribution in [3.05, 3.63) is 0 Å². The third-order valence-corrected chi connectivity index (χ3v) is 2.70. The predicted molar refractivity (Wildman–Crippen MR) is 50.7 cm³/mol. The van der Waals surface area contributed by atoms with Gasteiger partial charge in [-0.05, 0) is 6.42 Å². The zero-order valence-electron chi connectivity index (χ0n) is 8.51. The molecule has 0 aromatic heterocycles. The monoisotopic (exact) mass is 228 g/mol. The Morgan fingerprint density at radius 2 is 1.75 bits per heavy atom. The lowest BCUT2D eigenvalue weighted by molar-refractivity contribution is -0.152. The molecule has 0 aliphatic heterocycles. The number of aliphatic carboxylic acids is 2. The van der Waals surface area contributed by atoms with Crippen molar-refractivity contribution < 1.29 is 29.4 Å². The molecule has 2 N–H and O–H groups in total. The van der Waals surface area contributed by atoms with E-state index >= 15 is 0 Å². The average Bonchev–Trinajstić information content (AvgIpc) is 2.18. The molecule has 88 valence electrons. The maximum atomic E-state index is 11.5. The van der Waals surface area contributed by atoms with Crippen LogP contribution >= 0.6 is 0 Å². The van der Waals surface area contributed by atoms with Gasteiger partial charge in [0.25, 0.3) is 0 Å². The second kappa shape index (κ2) is 4.87. The molecule has 0 spiro atoms. The first-order chi connectivity index (χ1) is 7.41. The van der Waals surface area contributed by atoms with Gasteiger partial charge in [0.15, 0.2) is 0 Å². The number of hydrogen-bond acceptors (Lipinski definition) is 4. The van der Waals surface area contributed by atoms with Gasteiger partial charge in [-0.25, -0.2) is 0 Å². The van der Waals surface area contributed by atoms with E-state index in [1.54, 1.807) is 0 Å². The molecular weight excluding hydrogens is 216 g/mol. The predicted octanol–water partition coefficient (Wildman–Crippen LogP) is 0.100. The van der Waals surface area contributed by atoms with Gasteiger partial charge in [-0.2, -0.15) is 0 Å². The number of ketones is 2. The van der Waals surface area contributed by atoms with E-state index in [0.717, 1.165) is 0 Å². The van der Waals surface area contributed by atoms with Crippen LogP contribution in [0.1, 0.15) is 25.7 Å². The van der Waals surface area contributed by atoms with Gasteiger partial charge in [0.2, 0.25) is 0 Å². The number of Topliss-reactive ketones (excluding diaryl/α,β-unsaturated/α-hetero) is 2. The third-order valence-electron chi connectivity index (χ3n) is 2.70. The highest BCUT2D eigenvalue weighted by Gasteiger charge is 2.38. The molecule has 0 saturated heterocycles. The summed E-state index contributed by atoms with van der Waals surface area (Å²) in [7, 11) is 0. The lowest BCUT2D eigenvalue weighted by Crippen LogP contribution is -2.36. The Morgan fingerprint density at radius 3 is 2.25 bits per heavy atom. The second-order valence-electron chi connectivity index (χ2n) is 3.86. The van der Waals surface area contributed by atoms with Crippen molar-refractivity contribution in [1.29, 1.82) is 0 Å². The van der Waals surface area contributed by atoms with Crippen molar-refractivity contribution in [1.82, 2.24) is 0 Å². The normalized spacial score (nSPS) is 25.5. The first kappa shape index (κ1) is 12.4. The van der Waals surface area contributed by atoms with Crippen LogP contribution in [0.25, 0.3) is 0 Å². The number of carboxylic acid groups (broad SMARTS) is 2. The molecule has 0 aromatic rings. The summed E-state index contributed by atoms with van der Waals surface area (Å²) in [5.74, 6) is -4.99. The zero-order chi connectivity index (χ0) is 12.3. The fraction of sp³-hybridized carbons (Fsp3) is 0.600. The molecule has 2 unspecified atom stereocenters. The summed E-state index contributed by atoms with van der Waals surface area (Å²) in [6.07, 6.45) is -0.533. The van der Waals surface area contributed by atoms with Crippen LogP contribution in [0, 0.1) is 11.8 Å². The zero-order valence-corrected chi connectivity index (χ0v) is 8.51. The summed E-state index contributed by atoms with van der Waals surface area (Å²) in [5.41, 5.74) is 0. The van der Waals surface area contributed by atoms with Crippen LogP contribution in [0.15, 0.2) is 0 Å². The molecule has 16 heavy (non-hydrogen) atoms. The minimum absolute atomic E-state index is 0.103. The lowest BCUT2D eigenvalue weighted by atomic mass is 9.78. The molecule has 6 heteroatoms. The number of carboxylic acids is 2. The fourth-order valence-corrected chi connectivity index (χ4v) is 1.77. The Hall–Kier alpha value is -1.72. The van der Waals surface area contributed by atoms with Crippen molar-refractivity contribution in [2.24, 2.45) is 11.8 Å². The molecule has 0 amide bonds. The van der Waals surface area contributed by atoms with Crippen LogP contribution in [0.5, 0.6) is 0 Å². The van der Waals surface area contributed by atoms with E-state index in [2.05, 4.69) is 0 Å². The summed E-state index contributed by atoms with van der Waals surface area (Å²) >= 11 is 0. The molecule has 0 bridgehead atoms. The van der Waals surface area contributed by atoms with Gasteiger partial charge >= 0.3 is 11.9 Å². The van der Waals surface area contributed by atoms with Crippen LogP contribution in [-0.2, 0) is 19.2 Å². The van der Waals surface area contributed by atoms with E-state index in [4.69, 9.17) is 10.2 Å². The largest absolute Gasteiger partial charge is 0.481 e. The number of hydrogen-bond donors (Lipinski definition) is 2. The molecule has 1 rings (SSSR count). The summed E-state index contributed by atoms with van der Waals surface area (Å²) in [6.45, 7) is 0. The molecule has 0 aromatic carbocycles. The van der Waals surface area contributed by atoms with Crippen molar-refractivity contribution in [2.75, 3.05) is 0 Å². The summed E-state index contributed by atoms with van der Waals surface area (Å²) in [6, 6.07) is 0. The average molecular weight is 228 g/mol. The Kier molecular flexibility index (Phi) is 3.76. The number of carbonyl (C=O) groups excluding carboxylic acids is 2. The van der Waals surface area contributed by atoms with E-state index in [1.807, 2.05) is 0 Å². The molecule has 0 heterocycles. The Morgan fingerprint density at radius 1 is 1.12 bits per heavy atom. The van der Waals surface area contributed by atoms with Gasteiger partial charge in [0, 0.05) is 25.2 Å². The van der Waals surface area contributed by atoms with Gasteiger partial charge in [0.05, 0.1) is 0 Å². The molecule has 1 aliphatic carbocycles. The van der Waals surface area contributed by atoms with Gasteiger partial charge in [-0.15, -0.1) is 0 Å². The molecule has 0 radical (unpaired) electrons. The van der Waals surface area contributed by atoms with Gasteiger partial charge in [-0.1, -0.05) is 0 Å². The standard InChI is InChI=1S/C10H12O6/c11-7-4-6(10(15)16)8(12)3-5(7)1-2-9(13)14/h5-6H,1-4H2,(H,13,14)(H,15,16). The van der Waals surface area contributed by atoms with Crippen LogP contribution < -0.4 is 0 Å². The smallest absolute Gasteiger partial charge is 0.314 e. The SMILES string of the molecule is O=C(O)CCC1CC(=O)C(C(=O)O)CC1=O. The van der Waals surface area contributed by atoms with Gasteiger partial charge < -0.3 is 10.2 Å². The quantitative estimate of drug-likeness (QED) is 0.660. The summed E-state index contributed by atoms with van der Waals surface area (Å²) in [4.78, 5) is 43.7. The number of rotatable bonds is 4. The maximum Gasteiger partial charge on any atom is 0.314 e. The Labute approximate surface area is 91.3 Å². The molecule has 2 atom stereocenters. The fourth-order valence-electron chi connectivity index (χ4n) is 1.77. The first-order valence-electron chi connectivity index (χ1n) is 4.92. The highest BCUT2D eigenvalue weighted by atomic mass is 16.4. The van der Waals surface area contributed by atoms with E-state index < -0.39 is 29.6 Å². The number of carbonyl (C=O) groups is 4.